The van der Waals surface area contributed by atoms with Crippen LogP contribution in [0.5, 0.6) is 0 Å². The molecule has 1 saturated heterocycles. The summed E-state index contributed by atoms with van der Waals surface area (Å²) in [6, 6.07) is -1.48. The standard InChI is InChI=1S/C10H19N2O4PS/c13-8-3-1-2-7(10(15)16)12(8)9(14)6(11-17)4-5-18/h6-8,11,13,18H,1-5,17H2,(H,15,16). The molecule has 0 saturated carbocycles. The molecule has 18 heavy (non-hydrogen) atoms. The number of carbonyl (C=O) groups excluding carboxylic acids is 1. The quantitative estimate of drug-likeness (QED) is 0.418. The van der Waals surface area contributed by atoms with Crippen LogP contribution >= 0.6 is 22.0 Å². The van der Waals surface area contributed by atoms with Gasteiger partial charge >= 0.3 is 5.97 Å². The second-order valence-corrected chi connectivity index (χ2v) is 5.02. The fourth-order valence-electron chi connectivity index (χ4n) is 2.11. The van der Waals surface area contributed by atoms with Gasteiger partial charge in [0.25, 0.3) is 0 Å². The van der Waals surface area contributed by atoms with Crippen LogP contribution in [-0.2, 0) is 9.59 Å². The molecule has 1 rings (SSSR count). The minimum absolute atomic E-state index is 0.378. The van der Waals surface area contributed by atoms with Crippen LogP contribution < -0.4 is 5.09 Å². The topological polar surface area (TPSA) is 89.9 Å². The number of carbonyl (C=O) groups is 2. The number of aliphatic carboxylic acids is 1. The average molecular weight is 294 g/mol. The predicted octanol–water partition coefficient (Wildman–Crippen LogP) is -0.161. The lowest BCUT2D eigenvalue weighted by atomic mass is 9.99. The van der Waals surface area contributed by atoms with Gasteiger partial charge in [0.2, 0.25) is 5.91 Å². The van der Waals surface area contributed by atoms with E-state index in [9.17, 15) is 14.7 Å². The molecule has 1 fully saturated rings. The fraction of sp³-hybridized carbons (Fsp3) is 0.800. The molecule has 6 nitrogen and oxygen atoms in total. The highest BCUT2D eigenvalue weighted by molar-refractivity contribution is 7.80. The van der Waals surface area contributed by atoms with Crippen LogP contribution in [0, 0.1) is 0 Å². The summed E-state index contributed by atoms with van der Waals surface area (Å²) in [5, 5.41) is 21.7. The first kappa shape index (κ1) is 15.7. The van der Waals surface area contributed by atoms with E-state index < -0.39 is 30.2 Å². The molecule has 1 aliphatic rings. The molecule has 0 aliphatic carbocycles. The van der Waals surface area contributed by atoms with Crippen LogP contribution in [-0.4, -0.2) is 51.1 Å². The summed E-state index contributed by atoms with van der Waals surface area (Å²) in [5.41, 5.74) is 0. The molecule has 8 heteroatoms. The van der Waals surface area contributed by atoms with Crippen molar-refractivity contribution < 1.29 is 19.8 Å². The van der Waals surface area contributed by atoms with E-state index in [1.54, 1.807) is 0 Å². The zero-order valence-electron chi connectivity index (χ0n) is 9.95. The number of hydrogen-bond donors (Lipinski definition) is 4. The van der Waals surface area contributed by atoms with Crippen LogP contribution in [0.1, 0.15) is 25.7 Å². The number of amides is 1. The molecule has 1 aliphatic heterocycles. The molecule has 1 amide bonds. The molecule has 104 valence electrons. The Bertz CT molecular complexity index is 318. The highest BCUT2D eigenvalue weighted by Gasteiger charge is 2.39. The van der Waals surface area contributed by atoms with Crippen molar-refractivity contribution in [3.05, 3.63) is 0 Å². The van der Waals surface area contributed by atoms with Crippen LogP contribution in [0.3, 0.4) is 0 Å². The Kier molecular flexibility index (Phi) is 6.35. The maximum Gasteiger partial charge on any atom is 0.326 e. The molecule has 0 radical (unpaired) electrons. The summed E-state index contributed by atoms with van der Waals surface area (Å²) in [7, 11) is 2.24. The number of thiol groups is 1. The van der Waals surface area contributed by atoms with Gasteiger partial charge in [0.15, 0.2) is 0 Å². The summed E-state index contributed by atoms with van der Waals surface area (Å²) < 4.78 is 0. The van der Waals surface area contributed by atoms with E-state index in [-0.39, 0.29) is 0 Å². The second-order valence-electron chi connectivity index (χ2n) is 4.24. The first-order valence-corrected chi connectivity index (χ1v) is 7.04. The monoisotopic (exact) mass is 294 g/mol. The zero-order chi connectivity index (χ0) is 13.7. The van der Waals surface area contributed by atoms with Crippen LogP contribution in [0.25, 0.3) is 0 Å². The largest absolute Gasteiger partial charge is 0.480 e. The molecule has 0 aromatic heterocycles. The zero-order valence-corrected chi connectivity index (χ0v) is 12.0. The van der Waals surface area contributed by atoms with Gasteiger partial charge in [0.1, 0.15) is 12.3 Å². The number of nitrogens with zero attached hydrogens (tertiary/aromatic N) is 1. The van der Waals surface area contributed by atoms with Crippen molar-refractivity contribution in [2.45, 2.75) is 44.0 Å². The van der Waals surface area contributed by atoms with E-state index in [0.717, 1.165) is 4.90 Å². The average Bonchev–Trinajstić information content (AvgIpc) is 2.34. The van der Waals surface area contributed by atoms with Crippen LogP contribution in [0.4, 0.5) is 0 Å². The van der Waals surface area contributed by atoms with E-state index in [0.29, 0.717) is 31.4 Å². The van der Waals surface area contributed by atoms with Gasteiger partial charge in [-0.25, -0.2) is 4.79 Å². The maximum atomic E-state index is 12.2. The van der Waals surface area contributed by atoms with Crippen molar-refractivity contribution in [1.29, 1.82) is 0 Å². The van der Waals surface area contributed by atoms with Gasteiger partial charge in [-0.05, 0) is 31.4 Å². The number of aliphatic hydroxyl groups excluding tert-OH is 1. The number of rotatable bonds is 5. The maximum absolute atomic E-state index is 12.2. The van der Waals surface area contributed by atoms with E-state index >= 15 is 0 Å². The molecular weight excluding hydrogens is 275 g/mol. The summed E-state index contributed by atoms with van der Waals surface area (Å²) in [6.45, 7) is 0. The molecule has 0 spiro atoms. The number of hydrogen-bond acceptors (Lipinski definition) is 5. The van der Waals surface area contributed by atoms with Crippen molar-refractivity contribution in [2.75, 3.05) is 5.75 Å². The molecule has 0 aromatic rings. The number of nitrogens with one attached hydrogen (secondary N) is 1. The van der Waals surface area contributed by atoms with Gasteiger partial charge in [0, 0.05) is 0 Å². The van der Waals surface area contributed by atoms with Crippen molar-refractivity contribution >= 4 is 33.9 Å². The van der Waals surface area contributed by atoms with Crippen molar-refractivity contribution in [2.24, 2.45) is 0 Å². The molecule has 0 bridgehead atoms. The summed E-state index contributed by atoms with van der Waals surface area (Å²) in [4.78, 5) is 24.5. The predicted molar refractivity (Wildman–Crippen MR) is 73.2 cm³/mol. The van der Waals surface area contributed by atoms with E-state index in [1.807, 2.05) is 0 Å². The Labute approximate surface area is 114 Å². The van der Waals surface area contributed by atoms with Crippen molar-refractivity contribution in [3.63, 3.8) is 0 Å². The molecule has 3 N–H and O–H groups in total. The molecule has 1 heterocycles. The number of piperidine rings is 1. The lowest BCUT2D eigenvalue weighted by molar-refractivity contribution is -0.166. The highest BCUT2D eigenvalue weighted by Crippen LogP contribution is 2.23. The Hall–Kier alpha value is -0.360. The number of likely N-dealkylation sites (tertiary alicyclic amines) is 1. The van der Waals surface area contributed by atoms with E-state index in [1.165, 1.54) is 0 Å². The Morgan fingerprint density at radius 2 is 2.17 bits per heavy atom. The summed E-state index contributed by atoms with van der Waals surface area (Å²) in [6.07, 6.45) is 0.852. The lowest BCUT2D eigenvalue weighted by Crippen LogP contribution is -2.57. The first-order valence-electron chi connectivity index (χ1n) is 5.83. The van der Waals surface area contributed by atoms with E-state index in [4.69, 9.17) is 5.11 Å². The minimum atomic E-state index is -1.07. The Morgan fingerprint density at radius 1 is 1.50 bits per heavy atom. The van der Waals surface area contributed by atoms with Gasteiger partial charge in [-0.3, -0.25) is 9.88 Å². The van der Waals surface area contributed by atoms with Crippen LogP contribution in [0.2, 0.25) is 0 Å². The fourth-order valence-corrected chi connectivity index (χ4v) is 2.68. The molecular formula is C10H19N2O4PS. The summed E-state index contributed by atoms with van der Waals surface area (Å²) in [5.74, 6) is -0.964. The van der Waals surface area contributed by atoms with Gasteiger partial charge in [-0.2, -0.15) is 12.6 Å². The molecule has 4 unspecified atom stereocenters. The van der Waals surface area contributed by atoms with Gasteiger partial charge in [0.05, 0.1) is 6.04 Å². The lowest BCUT2D eigenvalue weighted by Gasteiger charge is -2.39. The smallest absolute Gasteiger partial charge is 0.326 e. The highest BCUT2D eigenvalue weighted by atomic mass is 32.1. The Balaban J connectivity index is 2.86. The summed E-state index contributed by atoms with van der Waals surface area (Å²) >= 11 is 4.06. The van der Waals surface area contributed by atoms with Gasteiger partial charge in [-0.1, -0.05) is 9.39 Å². The molecule has 4 atom stereocenters. The van der Waals surface area contributed by atoms with Crippen LogP contribution in [0.15, 0.2) is 0 Å². The number of carboxylic acids is 1. The van der Waals surface area contributed by atoms with E-state index in [2.05, 4.69) is 27.1 Å². The Morgan fingerprint density at radius 3 is 2.67 bits per heavy atom. The third kappa shape index (κ3) is 3.57. The third-order valence-electron chi connectivity index (χ3n) is 3.05. The van der Waals surface area contributed by atoms with Crippen molar-refractivity contribution in [3.8, 4) is 0 Å². The third-order valence-corrected chi connectivity index (χ3v) is 3.71. The van der Waals surface area contributed by atoms with Crippen molar-refractivity contribution in [1.82, 2.24) is 9.99 Å². The SMILES string of the molecule is O=C(O)C1CCCC(O)N1C(=O)C(CCS)NP. The normalized spacial score (nSPS) is 25.8. The van der Waals surface area contributed by atoms with Gasteiger partial charge in [-0.15, -0.1) is 0 Å². The molecule has 0 aromatic carbocycles. The first-order chi connectivity index (χ1) is 8.52. The second kappa shape index (κ2) is 7.28. The minimum Gasteiger partial charge on any atom is -0.480 e. The number of aliphatic hydroxyl groups is 1. The number of carboxylic acid groups (broad SMARTS) is 1. The van der Waals surface area contributed by atoms with Gasteiger partial charge < -0.3 is 15.1 Å².